The molecule has 0 saturated carbocycles. The molecule has 2 rings (SSSR count). The van der Waals surface area contributed by atoms with E-state index in [1.54, 1.807) is 24.3 Å². The number of hydrogen-bond acceptors (Lipinski definition) is 3. The van der Waals surface area contributed by atoms with E-state index in [4.69, 9.17) is 0 Å². The highest BCUT2D eigenvalue weighted by atomic mass is 19.4. The van der Waals surface area contributed by atoms with Gasteiger partial charge in [0, 0.05) is 23.4 Å². The average molecular weight is 355 g/mol. The molecule has 1 heterocycles. The summed E-state index contributed by atoms with van der Waals surface area (Å²) >= 11 is 0. The van der Waals surface area contributed by atoms with Crippen LogP contribution in [0.15, 0.2) is 30.8 Å². The van der Waals surface area contributed by atoms with Gasteiger partial charge in [-0.05, 0) is 26.1 Å². The van der Waals surface area contributed by atoms with Crippen molar-refractivity contribution in [1.29, 1.82) is 0 Å². The first kappa shape index (κ1) is 19.0. The third kappa shape index (κ3) is 5.06. The summed E-state index contributed by atoms with van der Waals surface area (Å²) in [5, 5.41) is 2.61. The third-order valence-electron chi connectivity index (χ3n) is 3.83. The molecule has 5 nitrogen and oxygen atoms in total. The van der Waals surface area contributed by atoms with Crippen molar-refractivity contribution in [2.45, 2.75) is 12.6 Å². The van der Waals surface area contributed by atoms with Gasteiger partial charge in [0.15, 0.2) is 0 Å². The van der Waals surface area contributed by atoms with Crippen molar-refractivity contribution in [3.63, 3.8) is 0 Å². The predicted molar refractivity (Wildman–Crippen MR) is 87.7 cm³/mol. The Kier molecular flexibility index (Phi) is 5.84. The zero-order valence-corrected chi connectivity index (χ0v) is 13.9. The summed E-state index contributed by atoms with van der Waals surface area (Å²) in [4.78, 5) is 26.7. The molecule has 8 heteroatoms. The molecule has 0 aromatic heterocycles. The fourth-order valence-corrected chi connectivity index (χ4v) is 2.66. The number of carbonyl (C=O) groups excluding carboxylic acids is 2. The fourth-order valence-electron chi connectivity index (χ4n) is 2.66. The standard InChI is InChI=1S/C17H20F3N3O2/c1-12-13-6-3-4-7-14(13)16(25)23(12)10-15(24)21-8-5-9-22(2)11-17(18,19)20/h3-4,6-7H,1,5,8-11H2,2H3,(H,21,24). The highest BCUT2D eigenvalue weighted by molar-refractivity contribution is 6.10. The second-order valence-corrected chi connectivity index (χ2v) is 5.94. The van der Waals surface area contributed by atoms with Gasteiger partial charge in [0.1, 0.15) is 6.54 Å². The Balaban J connectivity index is 1.75. The van der Waals surface area contributed by atoms with Crippen molar-refractivity contribution < 1.29 is 22.8 Å². The molecule has 0 unspecified atom stereocenters. The van der Waals surface area contributed by atoms with Crippen LogP contribution in [0.5, 0.6) is 0 Å². The molecule has 1 aliphatic rings. The van der Waals surface area contributed by atoms with Crippen LogP contribution < -0.4 is 5.32 Å². The number of alkyl halides is 3. The molecule has 0 atom stereocenters. The average Bonchev–Trinajstić information content (AvgIpc) is 2.75. The van der Waals surface area contributed by atoms with Gasteiger partial charge in [0.25, 0.3) is 5.91 Å². The lowest BCUT2D eigenvalue weighted by atomic mass is 10.1. The molecule has 0 radical (unpaired) electrons. The highest BCUT2D eigenvalue weighted by Gasteiger charge is 2.32. The van der Waals surface area contributed by atoms with Crippen molar-refractivity contribution in [2.75, 3.05) is 33.2 Å². The first-order valence-electron chi connectivity index (χ1n) is 7.81. The van der Waals surface area contributed by atoms with Crippen LogP contribution in [0.3, 0.4) is 0 Å². The summed E-state index contributed by atoms with van der Waals surface area (Å²) in [6.45, 7) is 3.15. The van der Waals surface area contributed by atoms with E-state index in [2.05, 4.69) is 11.9 Å². The van der Waals surface area contributed by atoms with Crippen molar-refractivity contribution in [3.8, 4) is 0 Å². The van der Waals surface area contributed by atoms with Crippen molar-refractivity contribution >= 4 is 17.5 Å². The molecule has 136 valence electrons. The van der Waals surface area contributed by atoms with Gasteiger partial charge in [0.05, 0.1) is 6.54 Å². The van der Waals surface area contributed by atoms with Crippen LogP contribution in [0.1, 0.15) is 22.3 Å². The van der Waals surface area contributed by atoms with Crippen LogP contribution in [0.4, 0.5) is 13.2 Å². The van der Waals surface area contributed by atoms with E-state index in [-0.39, 0.29) is 31.4 Å². The smallest absolute Gasteiger partial charge is 0.355 e. The molecule has 0 spiro atoms. The van der Waals surface area contributed by atoms with E-state index in [1.807, 2.05) is 0 Å². The topological polar surface area (TPSA) is 52.7 Å². The van der Waals surface area contributed by atoms with Crippen molar-refractivity contribution in [1.82, 2.24) is 15.1 Å². The molecule has 1 aliphatic heterocycles. The maximum Gasteiger partial charge on any atom is 0.401 e. The maximum atomic E-state index is 12.3. The van der Waals surface area contributed by atoms with Gasteiger partial charge in [-0.3, -0.25) is 19.4 Å². The number of carbonyl (C=O) groups is 2. The second kappa shape index (κ2) is 7.69. The number of amides is 2. The molecule has 1 aromatic rings. The van der Waals surface area contributed by atoms with E-state index in [9.17, 15) is 22.8 Å². The molecule has 0 bridgehead atoms. The molecule has 0 saturated heterocycles. The maximum absolute atomic E-state index is 12.3. The van der Waals surface area contributed by atoms with Gasteiger partial charge in [-0.2, -0.15) is 13.2 Å². The summed E-state index contributed by atoms with van der Waals surface area (Å²) in [5.74, 6) is -0.651. The summed E-state index contributed by atoms with van der Waals surface area (Å²) in [6.07, 6.45) is -3.85. The lowest BCUT2D eigenvalue weighted by molar-refractivity contribution is -0.143. The molecular formula is C17H20F3N3O2. The van der Waals surface area contributed by atoms with Crippen LogP contribution in [-0.4, -0.2) is 61.0 Å². The largest absolute Gasteiger partial charge is 0.401 e. The van der Waals surface area contributed by atoms with E-state index in [0.717, 1.165) is 4.90 Å². The normalized spacial score (nSPS) is 14.2. The lowest BCUT2D eigenvalue weighted by Gasteiger charge is -2.19. The summed E-state index contributed by atoms with van der Waals surface area (Å²) in [7, 11) is 1.37. The molecule has 0 fully saturated rings. The molecule has 1 N–H and O–H groups in total. The van der Waals surface area contributed by atoms with Crippen molar-refractivity contribution in [2.24, 2.45) is 0 Å². The monoisotopic (exact) mass is 355 g/mol. The number of nitrogens with zero attached hydrogens (tertiary/aromatic N) is 2. The molecular weight excluding hydrogens is 335 g/mol. The zero-order valence-electron chi connectivity index (χ0n) is 13.9. The summed E-state index contributed by atoms with van der Waals surface area (Å²) in [5.41, 5.74) is 1.68. The van der Waals surface area contributed by atoms with Crippen LogP contribution in [0.2, 0.25) is 0 Å². The SMILES string of the molecule is C=C1c2ccccc2C(=O)N1CC(=O)NCCCN(C)CC(F)(F)F. The summed E-state index contributed by atoms with van der Waals surface area (Å²) in [6, 6.07) is 6.98. The van der Waals surface area contributed by atoms with E-state index >= 15 is 0 Å². The minimum Gasteiger partial charge on any atom is -0.355 e. The van der Waals surface area contributed by atoms with Gasteiger partial charge in [0.2, 0.25) is 5.91 Å². The quantitative estimate of drug-likeness (QED) is 0.763. The van der Waals surface area contributed by atoms with Crippen molar-refractivity contribution in [3.05, 3.63) is 42.0 Å². The van der Waals surface area contributed by atoms with Crippen LogP contribution in [-0.2, 0) is 4.79 Å². The summed E-state index contributed by atoms with van der Waals surface area (Å²) < 4.78 is 36.6. The first-order valence-corrected chi connectivity index (χ1v) is 7.81. The Morgan fingerprint density at radius 2 is 1.92 bits per heavy atom. The minimum absolute atomic E-state index is 0.162. The van der Waals surface area contributed by atoms with E-state index in [1.165, 1.54) is 11.9 Å². The zero-order chi connectivity index (χ0) is 18.6. The molecule has 1 aromatic carbocycles. The van der Waals surface area contributed by atoms with Crippen LogP contribution >= 0.6 is 0 Å². The lowest BCUT2D eigenvalue weighted by Crippen LogP contribution is -2.38. The Hall–Kier alpha value is -2.35. The van der Waals surface area contributed by atoms with E-state index in [0.29, 0.717) is 23.2 Å². The van der Waals surface area contributed by atoms with Gasteiger partial charge in [-0.15, -0.1) is 0 Å². The molecule has 25 heavy (non-hydrogen) atoms. The van der Waals surface area contributed by atoms with Crippen LogP contribution in [0, 0.1) is 0 Å². The van der Waals surface area contributed by atoms with Gasteiger partial charge >= 0.3 is 6.18 Å². The van der Waals surface area contributed by atoms with Gasteiger partial charge in [-0.25, -0.2) is 0 Å². The van der Waals surface area contributed by atoms with Gasteiger partial charge in [-0.1, -0.05) is 24.8 Å². The Morgan fingerprint density at radius 3 is 2.52 bits per heavy atom. The number of benzene rings is 1. The number of nitrogens with one attached hydrogen (secondary N) is 1. The number of hydrogen-bond donors (Lipinski definition) is 1. The fraction of sp³-hybridized carbons (Fsp3) is 0.412. The highest BCUT2D eigenvalue weighted by Crippen LogP contribution is 2.30. The Morgan fingerprint density at radius 1 is 1.28 bits per heavy atom. The second-order valence-electron chi connectivity index (χ2n) is 5.94. The Labute approximate surface area is 144 Å². The molecule has 0 aliphatic carbocycles. The molecule has 2 amide bonds. The number of rotatable bonds is 7. The predicted octanol–water partition coefficient (Wildman–Crippen LogP) is 2.11. The number of fused-ring (bicyclic) bond motifs is 1. The first-order chi connectivity index (χ1) is 11.7. The van der Waals surface area contributed by atoms with Crippen LogP contribution in [0.25, 0.3) is 5.70 Å². The van der Waals surface area contributed by atoms with Gasteiger partial charge < -0.3 is 5.32 Å². The minimum atomic E-state index is -4.23. The Bertz CT molecular complexity index is 638. The van der Waals surface area contributed by atoms with E-state index < -0.39 is 12.7 Å². The third-order valence-corrected chi connectivity index (χ3v) is 3.83. The number of halogens is 3.